The fourth-order valence-corrected chi connectivity index (χ4v) is 2.55. The Hall–Kier alpha value is -0.530. The van der Waals surface area contributed by atoms with E-state index in [4.69, 9.17) is 11.6 Å². The zero-order chi connectivity index (χ0) is 12.0. The molecule has 1 aromatic carbocycles. The molecule has 90 valence electrons. The van der Waals surface area contributed by atoms with Crippen LogP contribution in [0.25, 0.3) is 0 Å². The SMILES string of the molecule is CCCC(C)C(CNC)c1ccccc1Cl. The summed E-state index contributed by atoms with van der Waals surface area (Å²) < 4.78 is 0. The van der Waals surface area contributed by atoms with E-state index in [1.165, 1.54) is 18.4 Å². The predicted molar refractivity (Wildman–Crippen MR) is 72.2 cm³/mol. The zero-order valence-corrected chi connectivity index (χ0v) is 11.2. The lowest BCUT2D eigenvalue weighted by molar-refractivity contribution is 0.413. The van der Waals surface area contributed by atoms with Crippen molar-refractivity contribution < 1.29 is 0 Å². The third-order valence-corrected chi connectivity index (χ3v) is 3.50. The average molecular weight is 240 g/mol. The predicted octanol–water partition coefficient (Wildman–Crippen LogP) is 4.08. The molecule has 0 amide bonds. The zero-order valence-electron chi connectivity index (χ0n) is 10.5. The van der Waals surface area contributed by atoms with Crippen molar-refractivity contribution in [2.45, 2.75) is 32.6 Å². The Kier molecular flexibility index (Phi) is 5.86. The molecule has 0 spiro atoms. The van der Waals surface area contributed by atoms with E-state index in [0.717, 1.165) is 11.6 Å². The van der Waals surface area contributed by atoms with Crippen molar-refractivity contribution in [1.82, 2.24) is 5.32 Å². The highest BCUT2D eigenvalue weighted by Crippen LogP contribution is 2.31. The Morgan fingerprint density at radius 1 is 1.31 bits per heavy atom. The van der Waals surface area contributed by atoms with Gasteiger partial charge in [-0.3, -0.25) is 0 Å². The maximum atomic E-state index is 6.27. The number of hydrogen-bond acceptors (Lipinski definition) is 1. The monoisotopic (exact) mass is 239 g/mol. The quantitative estimate of drug-likeness (QED) is 0.789. The molecule has 0 heterocycles. The van der Waals surface area contributed by atoms with E-state index < -0.39 is 0 Å². The van der Waals surface area contributed by atoms with Crippen LogP contribution in [0.2, 0.25) is 5.02 Å². The average Bonchev–Trinajstić information content (AvgIpc) is 2.27. The molecule has 1 rings (SSSR count). The van der Waals surface area contributed by atoms with Gasteiger partial charge in [0, 0.05) is 17.5 Å². The van der Waals surface area contributed by atoms with Crippen LogP contribution in [0.5, 0.6) is 0 Å². The van der Waals surface area contributed by atoms with Gasteiger partial charge in [0.2, 0.25) is 0 Å². The highest BCUT2D eigenvalue weighted by Gasteiger charge is 2.19. The van der Waals surface area contributed by atoms with Gasteiger partial charge in [-0.05, 0) is 24.6 Å². The van der Waals surface area contributed by atoms with Gasteiger partial charge in [0.05, 0.1) is 0 Å². The Morgan fingerprint density at radius 3 is 2.56 bits per heavy atom. The summed E-state index contributed by atoms with van der Waals surface area (Å²) in [5, 5.41) is 4.17. The van der Waals surface area contributed by atoms with Crippen LogP contribution in [0.15, 0.2) is 24.3 Å². The van der Waals surface area contributed by atoms with E-state index in [-0.39, 0.29) is 0 Å². The van der Waals surface area contributed by atoms with Gasteiger partial charge in [-0.1, -0.05) is 56.5 Å². The first-order chi connectivity index (χ1) is 7.70. The first kappa shape index (κ1) is 13.5. The lowest BCUT2D eigenvalue weighted by Crippen LogP contribution is -2.23. The summed E-state index contributed by atoms with van der Waals surface area (Å²) in [6, 6.07) is 8.20. The van der Waals surface area contributed by atoms with Crippen molar-refractivity contribution in [3.63, 3.8) is 0 Å². The molecule has 2 atom stereocenters. The van der Waals surface area contributed by atoms with Crippen LogP contribution in [0.4, 0.5) is 0 Å². The molecule has 2 heteroatoms. The fraction of sp³-hybridized carbons (Fsp3) is 0.571. The van der Waals surface area contributed by atoms with Gasteiger partial charge in [-0.2, -0.15) is 0 Å². The minimum atomic E-state index is 0.513. The van der Waals surface area contributed by atoms with Crippen LogP contribution in [0.3, 0.4) is 0 Å². The molecular weight excluding hydrogens is 218 g/mol. The van der Waals surface area contributed by atoms with Crippen molar-refractivity contribution in [3.05, 3.63) is 34.9 Å². The molecule has 2 unspecified atom stereocenters. The minimum absolute atomic E-state index is 0.513. The molecule has 0 aromatic heterocycles. The topological polar surface area (TPSA) is 12.0 Å². The van der Waals surface area contributed by atoms with Gasteiger partial charge in [-0.15, -0.1) is 0 Å². The van der Waals surface area contributed by atoms with Crippen molar-refractivity contribution in [3.8, 4) is 0 Å². The van der Waals surface area contributed by atoms with Gasteiger partial charge in [0.25, 0.3) is 0 Å². The molecule has 1 N–H and O–H groups in total. The molecular formula is C14H22ClN. The summed E-state index contributed by atoms with van der Waals surface area (Å²) in [5.41, 5.74) is 1.28. The summed E-state index contributed by atoms with van der Waals surface area (Å²) >= 11 is 6.27. The molecule has 16 heavy (non-hydrogen) atoms. The number of nitrogens with one attached hydrogen (secondary N) is 1. The number of rotatable bonds is 6. The standard InChI is InChI=1S/C14H22ClN/c1-4-7-11(2)13(10-16-3)12-8-5-6-9-14(12)15/h5-6,8-9,11,13,16H,4,7,10H2,1-3H3. The molecule has 0 aliphatic heterocycles. The largest absolute Gasteiger partial charge is 0.319 e. The van der Waals surface area contributed by atoms with E-state index in [1.54, 1.807) is 0 Å². The van der Waals surface area contributed by atoms with Crippen LogP contribution in [-0.2, 0) is 0 Å². The second-order valence-electron chi connectivity index (χ2n) is 4.45. The van der Waals surface area contributed by atoms with Gasteiger partial charge >= 0.3 is 0 Å². The summed E-state index contributed by atoms with van der Waals surface area (Å²) in [4.78, 5) is 0. The summed E-state index contributed by atoms with van der Waals surface area (Å²) in [5.74, 6) is 1.18. The van der Waals surface area contributed by atoms with Crippen LogP contribution >= 0.6 is 11.6 Å². The Morgan fingerprint density at radius 2 is 2.00 bits per heavy atom. The lowest BCUT2D eigenvalue weighted by Gasteiger charge is -2.24. The lowest BCUT2D eigenvalue weighted by atomic mass is 9.84. The second-order valence-corrected chi connectivity index (χ2v) is 4.86. The number of likely N-dealkylation sites (N-methyl/N-ethyl adjacent to an activating group) is 1. The van der Waals surface area contributed by atoms with Crippen molar-refractivity contribution in [1.29, 1.82) is 0 Å². The number of halogens is 1. The number of hydrogen-bond donors (Lipinski definition) is 1. The second kappa shape index (κ2) is 6.93. The molecule has 1 aromatic rings. The Balaban J connectivity index is 2.88. The van der Waals surface area contributed by atoms with Gasteiger partial charge in [0.15, 0.2) is 0 Å². The highest BCUT2D eigenvalue weighted by molar-refractivity contribution is 6.31. The van der Waals surface area contributed by atoms with Crippen LogP contribution < -0.4 is 5.32 Å². The number of benzene rings is 1. The van der Waals surface area contributed by atoms with Crippen molar-refractivity contribution >= 4 is 11.6 Å². The Bertz CT molecular complexity index is 311. The summed E-state index contributed by atoms with van der Waals surface area (Å²) in [6.45, 7) is 5.54. The van der Waals surface area contributed by atoms with E-state index in [0.29, 0.717) is 11.8 Å². The first-order valence-electron chi connectivity index (χ1n) is 6.09. The summed E-state index contributed by atoms with van der Waals surface area (Å²) in [7, 11) is 2.00. The minimum Gasteiger partial charge on any atom is -0.319 e. The third kappa shape index (κ3) is 3.50. The van der Waals surface area contributed by atoms with Crippen LogP contribution in [0, 0.1) is 5.92 Å². The highest BCUT2D eigenvalue weighted by atomic mass is 35.5. The van der Waals surface area contributed by atoms with Crippen molar-refractivity contribution in [2.75, 3.05) is 13.6 Å². The van der Waals surface area contributed by atoms with E-state index >= 15 is 0 Å². The van der Waals surface area contributed by atoms with E-state index in [9.17, 15) is 0 Å². The molecule has 1 nitrogen and oxygen atoms in total. The van der Waals surface area contributed by atoms with Crippen LogP contribution in [-0.4, -0.2) is 13.6 Å². The smallest absolute Gasteiger partial charge is 0.0441 e. The first-order valence-corrected chi connectivity index (χ1v) is 6.47. The fourth-order valence-electron chi connectivity index (χ4n) is 2.27. The molecule has 0 aliphatic rings. The normalized spacial score (nSPS) is 14.8. The van der Waals surface area contributed by atoms with Crippen LogP contribution in [0.1, 0.15) is 38.2 Å². The molecule has 0 fully saturated rings. The summed E-state index contributed by atoms with van der Waals surface area (Å²) in [6.07, 6.45) is 2.48. The van der Waals surface area contributed by atoms with E-state index in [2.05, 4.69) is 31.3 Å². The third-order valence-electron chi connectivity index (χ3n) is 3.16. The molecule has 0 saturated carbocycles. The Labute approximate surface area is 104 Å². The molecule has 0 bridgehead atoms. The van der Waals surface area contributed by atoms with Gasteiger partial charge in [0.1, 0.15) is 0 Å². The maximum Gasteiger partial charge on any atom is 0.0441 e. The van der Waals surface area contributed by atoms with E-state index in [1.807, 2.05) is 19.2 Å². The molecule has 0 saturated heterocycles. The van der Waals surface area contributed by atoms with Gasteiger partial charge < -0.3 is 5.32 Å². The maximum absolute atomic E-state index is 6.27. The molecule has 0 aliphatic carbocycles. The molecule has 0 radical (unpaired) electrons. The van der Waals surface area contributed by atoms with Gasteiger partial charge in [-0.25, -0.2) is 0 Å². The van der Waals surface area contributed by atoms with Crippen molar-refractivity contribution in [2.24, 2.45) is 5.92 Å².